The van der Waals surface area contributed by atoms with E-state index in [9.17, 15) is 9.59 Å². The Morgan fingerprint density at radius 3 is 2.92 bits per heavy atom. The Bertz CT molecular complexity index is 207. The van der Waals surface area contributed by atoms with Crippen molar-refractivity contribution in [2.45, 2.75) is 17.7 Å². The summed E-state index contributed by atoms with van der Waals surface area (Å²) in [5.74, 6) is 0.0961. The highest BCUT2D eigenvalue weighted by atomic mass is 79.9. The number of nitrogens with zero attached hydrogens (tertiary/aromatic N) is 1. The summed E-state index contributed by atoms with van der Waals surface area (Å²) in [6, 6.07) is 0. The Morgan fingerprint density at radius 1 is 1.67 bits per heavy atom. The van der Waals surface area contributed by atoms with Crippen molar-refractivity contribution in [3.8, 4) is 0 Å². The molecule has 0 aliphatic carbocycles. The molecule has 1 rings (SSSR count). The van der Waals surface area contributed by atoms with Gasteiger partial charge in [-0.05, 0) is 6.42 Å². The second kappa shape index (κ2) is 3.89. The van der Waals surface area contributed by atoms with E-state index in [1.807, 2.05) is 0 Å². The number of hydrogen-bond acceptors (Lipinski definition) is 2. The molecule has 0 spiro atoms. The first-order chi connectivity index (χ1) is 5.61. The molecule has 1 unspecified atom stereocenters. The zero-order valence-electron chi connectivity index (χ0n) is 6.49. The molecule has 1 amide bonds. The third kappa shape index (κ3) is 2.20. The van der Waals surface area contributed by atoms with Gasteiger partial charge < -0.3 is 10.0 Å². The molecule has 1 heterocycles. The maximum atomic E-state index is 11.1. The fourth-order valence-electron chi connectivity index (χ4n) is 1.16. The van der Waals surface area contributed by atoms with E-state index < -0.39 is 6.09 Å². The van der Waals surface area contributed by atoms with Crippen LogP contribution >= 0.6 is 15.9 Å². The number of carboxylic acid groups (broad SMARTS) is 1. The van der Waals surface area contributed by atoms with Crippen molar-refractivity contribution in [2.75, 3.05) is 13.1 Å². The van der Waals surface area contributed by atoms with Crippen LogP contribution in [0.5, 0.6) is 0 Å². The Kier molecular flexibility index (Phi) is 3.08. The lowest BCUT2D eigenvalue weighted by Crippen LogP contribution is -2.34. The van der Waals surface area contributed by atoms with Gasteiger partial charge in [-0.15, -0.1) is 0 Å². The number of carbonyl (C=O) groups is 2. The van der Waals surface area contributed by atoms with Gasteiger partial charge in [0, 0.05) is 19.5 Å². The van der Waals surface area contributed by atoms with Crippen molar-refractivity contribution >= 4 is 27.8 Å². The zero-order valence-corrected chi connectivity index (χ0v) is 8.08. The summed E-state index contributed by atoms with van der Waals surface area (Å²) in [5, 5.41) is 8.66. The molecule has 1 aliphatic rings. The third-order valence-electron chi connectivity index (χ3n) is 1.85. The number of likely N-dealkylation sites (tertiary alicyclic amines) is 1. The van der Waals surface area contributed by atoms with Gasteiger partial charge in [-0.2, -0.15) is 0 Å². The van der Waals surface area contributed by atoms with Crippen molar-refractivity contribution in [3.63, 3.8) is 0 Å². The summed E-state index contributed by atoms with van der Waals surface area (Å²) in [4.78, 5) is 22.6. The predicted molar refractivity (Wildman–Crippen MR) is 46.6 cm³/mol. The van der Waals surface area contributed by atoms with Crippen molar-refractivity contribution in [1.82, 2.24) is 4.90 Å². The molecule has 0 aromatic carbocycles. The van der Waals surface area contributed by atoms with Crippen LogP contribution in [-0.2, 0) is 4.79 Å². The van der Waals surface area contributed by atoms with Gasteiger partial charge in [0.25, 0.3) is 0 Å². The number of alkyl halides is 1. The van der Waals surface area contributed by atoms with E-state index in [0.717, 1.165) is 0 Å². The first-order valence-corrected chi connectivity index (χ1v) is 4.67. The smallest absolute Gasteiger partial charge is 0.407 e. The molecule has 0 bridgehead atoms. The first-order valence-electron chi connectivity index (χ1n) is 3.76. The van der Waals surface area contributed by atoms with Crippen LogP contribution in [0.1, 0.15) is 12.8 Å². The highest BCUT2D eigenvalue weighted by Crippen LogP contribution is 2.13. The van der Waals surface area contributed by atoms with Crippen LogP contribution in [-0.4, -0.2) is 39.8 Å². The Balaban J connectivity index is 2.59. The predicted octanol–water partition coefficient (Wildman–Crippen LogP) is 1.09. The number of hydrogen-bond donors (Lipinski definition) is 1. The largest absolute Gasteiger partial charge is 0.465 e. The van der Waals surface area contributed by atoms with E-state index >= 15 is 0 Å². The van der Waals surface area contributed by atoms with Crippen LogP contribution in [0, 0.1) is 0 Å². The second-order valence-corrected chi connectivity index (χ2v) is 3.87. The van der Waals surface area contributed by atoms with Gasteiger partial charge >= 0.3 is 6.09 Å². The van der Waals surface area contributed by atoms with Crippen molar-refractivity contribution in [2.24, 2.45) is 0 Å². The molecule has 1 N–H and O–H groups in total. The van der Waals surface area contributed by atoms with E-state index in [2.05, 4.69) is 15.9 Å². The molecule has 1 saturated heterocycles. The molecule has 4 nitrogen and oxygen atoms in total. The highest BCUT2D eigenvalue weighted by molar-refractivity contribution is 9.10. The highest BCUT2D eigenvalue weighted by Gasteiger charge is 2.24. The molecule has 0 radical (unpaired) electrons. The fraction of sp³-hybridized carbons (Fsp3) is 0.714. The lowest BCUT2D eigenvalue weighted by Gasteiger charge is -2.16. The SMILES string of the molecule is O=C1CCCN(C(=O)O)CC1Br. The van der Waals surface area contributed by atoms with Gasteiger partial charge in [0.05, 0.1) is 4.83 Å². The maximum absolute atomic E-state index is 11.1. The monoisotopic (exact) mass is 235 g/mol. The average molecular weight is 236 g/mol. The molecular weight excluding hydrogens is 226 g/mol. The Hall–Kier alpha value is -0.580. The van der Waals surface area contributed by atoms with Crippen molar-refractivity contribution in [3.05, 3.63) is 0 Å². The Morgan fingerprint density at radius 2 is 2.33 bits per heavy atom. The van der Waals surface area contributed by atoms with Gasteiger partial charge in [-0.1, -0.05) is 15.9 Å². The molecule has 1 atom stereocenters. The van der Waals surface area contributed by atoms with Gasteiger partial charge in [-0.3, -0.25) is 4.79 Å². The molecule has 1 aliphatic heterocycles. The third-order valence-corrected chi connectivity index (χ3v) is 2.65. The molecule has 0 aromatic heterocycles. The van der Waals surface area contributed by atoms with Crippen LogP contribution in [0.4, 0.5) is 4.79 Å². The summed E-state index contributed by atoms with van der Waals surface area (Å²) in [6.45, 7) is 0.733. The molecular formula is C7H10BrNO3. The van der Waals surface area contributed by atoms with Gasteiger partial charge in [-0.25, -0.2) is 4.79 Å². The van der Waals surface area contributed by atoms with Crippen LogP contribution in [0.2, 0.25) is 0 Å². The number of Topliss-reactive ketones (excluding diaryl/α,β-unsaturated/α-hetero) is 1. The lowest BCUT2D eigenvalue weighted by molar-refractivity contribution is -0.118. The second-order valence-electron chi connectivity index (χ2n) is 2.77. The number of rotatable bonds is 0. The quantitative estimate of drug-likeness (QED) is 0.640. The first kappa shape index (κ1) is 9.51. The van der Waals surface area contributed by atoms with Crippen LogP contribution in [0.3, 0.4) is 0 Å². The van der Waals surface area contributed by atoms with E-state index in [1.54, 1.807) is 0 Å². The number of amides is 1. The topological polar surface area (TPSA) is 57.6 Å². The minimum atomic E-state index is -0.950. The van der Waals surface area contributed by atoms with E-state index in [4.69, 9.17) is 5.11 Å². The number of halogens is 1. The fourth-order valence-corrected chi connectivity index (χ4v) is 1.74. The minimum absolute atomic E-state index is 0.0961. The summed E-state index contributed by atoms with van der Waals surface area (Å²) in [5.41, 5.74) is 0. The van der Waals surface area contributed by atoms with Gasteiger partial charge in [0.2, 0.25) is 0 Å². The molecule has 68 valence electrons. The van der Waals surface area contributed by atoms with E-state index in [-0.39, 0.29) is 17.2 Å². The summed E-state index contributed by atoms with van der Waals surface area (Å²) in [7, 11) is 0. The van der Waals surface area contributed by atoms with Gasteiger partial charge in [0.15, 0.2) is 0 Å². The van der Waals surface area contributed by atoms with E-state index in [0.29, 0.717) is 19.4 Å². The normalized spacial score (nSPS) is 25.2. The minimum Gasteiger partial charge on any atom is -0.465 e. The van der Waals surface area contributed by atoms with Crippen LogP contribution in [0.15, 0.2) is 0 Å². The maximum Gasteiger partial charge on any atom is 0.407 e. The molecule has 0 aromatic rings. The van der Waals surface area contributed by atoms with Crippen molar-refractivity contribution in [1.29, 1.82) is 0 Å². The molecule has 0 saturated carbocycles. The van der Waals surface area contributed by atoms with E-state index in [1.165, 1.54) is 4.90 Å². The zero-order chi connectivity index (χ0) is 9.14. The van der Waals surface area contributed by atoms with Crippen molar-refractivity contribution < 1.29 is 14.7 Å². The van der Waals surface area contributed by atoms with Crippen LogP contribution < -0.4 is 0 Å². The standard InChI is InChI=1S/C7H10BrNO3/c8-5-4-9(7(11)12)3-1-2-6(5)10/h5H,1-4H2,(H,11,12). The number of ketones is 1. The summed E-state index contributed by atoms with van der Waals surface area (Å²) >= 11 is 3.16. The Labute approximate surface area is 78.7 Å². The summed E-state index contributed by atoms with van der Waals surface area (Å²) < 4.78 is 0. The number of carbonyl (C=O) groups excluding carboxylic acids is 1. The average Bonchev–Trinajstić information content (AvgIpc) is 2.15. The molecule has 12 heavy (non-hydrogen) atoms. The van der Waals surface area contributed by atoms with Gasteiger partial charge in [0.1, 0.15) is 5.78 Å². The molecule has 5 heteroatoms. The van der Waals surface area contributed by atoms with Crippen LogP contribution in [0.25, 0.3) is 0 Å². The molecule has 1 fully saturated rings. The lowest BCUT2D eigenvalue weighted by atomic mass is 10.2. The summed E-state index contributed by atoms with van der Waals surface area (Å²) in [6.07, 6.45) is 0.154.